The molecule has 0 amide bonds. The highest BCUT2D eigenvalue weighted by atomic mass is 127. The van der Waals surface area contributed by atoms with Crippen molar-refractivity contribution >= 4 is 40.0 Å². The van der Waals surface area contributed by atoms with Gasteiger partial charge in [-0.2, -0.15) is 8.78 Å². The number of halogens is 3. The molecule has 1 aromatic rings. The smallest absolute Gasteiger partial charge is 0.387 e. The van der Waals surface area contributed by atoms with E-state index in [1.54, 1.807) is 19.2 Å². The molecule has 2 rings (SSSR count). The molecule has 0 radical (unpaired) electrons. The van der Waals surface area contributed by atoms with Crippen LogP contribution in [-0.2, 0) is 16.6 Å². The molecule has 1 fully saturated rings. The van der Waals surface area contributed by atoms with Crippen molar-refractivity contribution in [2.45, 2.75) is 19.6 Å². The van der Waals surface area contributed by atoms with E-state index in [0.29, 0.717) is 38.6 Å². The second-order valence-corrected chi connectivity index (χ2v) is 8.01. The fourth-order valence-electron chi connectivity index (χ4n) is 2.74. The van der Waals surface area contributed by atoms with Crippen LogP contribution in [0.4, 0.5) is 8.78 Å². The van der Waals surface area contributed by atoms with E-state index in [-0.39, 0.29) is 35.5 Å². The third-order valence-electron chi connectivity index (χ3n) is 3.99. The van der Waals surface area contributed by atoms with Crippen molar-refractivity contribution in [2.75, 3.05) is 39.5 Å². The van der Waals surface area contributed by atoms with Crippen LogP contribution in [0.5, 0.6) is 5.75 Å². The van der Waals surface area contributed by atoms with Crippen molar-refractivity contribution in [1.82, 2.24) is 14.5 Å². The number of ether oxygens (including phenoxy) is 1. The normalized spacial score (nSPS) is 16.9. The lowest BCUT2D eigenvalue weighted by Crippen LogP contribution is -2.42. The molecule has 27 heavy (non-hydrogen) atoms. The Balaban J connectivity index is 0.00000364. The van der Waals surface area contributed by atoms with Crippen LogP contribution in [0.25, 0.3) is 0 Å². The summed E-state index contributed by atoms with van der Waals surface area (Å²) < 4.78 is 53.7. The number of hydrogen-bond acceptors (Lipinski definition) is 4. The van der Waals surface area contributed by atoms with Gasteiger partial charge in [-0.3, -0.25) is 4.99 Å². The first kappa shape index (κ1) is 23.8. The Morgan fingerprint density at radius 2 is 2.04 bits per heavy atom. The molecule has 0 spiro atoms. The summed E-state index contributed by atoms with van der Waals surface area (Å²) in [5.74, 6) is 0.947. The van der Waals surface area contributed by atoms with Gasteiger partial charge in [0, 0.05) is 40.3 Å². The first-order valence-corrected chi connectivity index (χ1v) is 9.86. The Morgan fingerprint density at radius 3 is 2.56 bits per heavy atom. The van der Waals surface area contributed by atoms with E-state index in [9.17, 15) is 17.2 Å². The van der Waals surface area contributed by atoms with Gasteiger partial charge in [-0.15, -0.1) is 24.0 Å². The molecule has 0 atom stereocenters. The largest absolute Gasteiger partial charge is 0.435 e. The summed E-state index contributed by atoms with van der Waals surface area (Å²) in [5.41, 5.74) is 0.902. The zero-order valence-corrected chi connectivity index (χ0v) is 18.4. The minimum Gasteiger partial charge on any atom is -0.435 e. The molecule has 1 aliphatic rings. The topological polar surface area (TPSA) is 74.2 Å². The predicted octanol–water partition coefficient (Wildman–Crippen LogP) is 1.95. The summed E-state index contributed by atoms with van der Waals surface area (Å²) in [6.45, 7) is -0.917. The van der Waals surface area contributed by atoms with E-state index in [4.69, 9.17) is 0 Å². The molecule has 7 nitrogen and oxygen atoms in total. The molecule has 0 bridgehead atoms. The number of nitrogens with zero attached hydrogens (tertiary/aromatic N) is 3. The molecule has 11 heteroatoms. The van der Waals surface area contributed by atoms with Crippen molar-refractivity contribution in [3.8, 4) is 5.75 Å². The third-order valence-corrected chi connectivity index (χ3v) is 5.95. The quantitative estimate of drug-likeness (QED) is 0.340. The van der Waals surface area contributed by atoms with Gasteiger partial charge in [-0.05, 0) is 24.1 Å². The number of benzene rings is 1. The van der Waals surface area contributed by atoms with Gasteiger partial charge in [0.1, 0.15) is 5.75 Å². The highest BCUT2D eigenvalue weighted by molar-refractivity contribution is 14.0. The standard InChI is InChI=1S/C16H24F2N4O3S.HI/c1-19-16(20-8-10-22-9-3-11-26(22,23)24)21(2)12-13-4-6-14(7-5-13)25-15(17)18;/h4-7,15H,3,8-12H2,1-2H3,(H,19,20);1H. The van der Waals surface area contributed by atoms with Gasteiger partial charge < -0.3 is 15.0 Å². The van der Waals surface area contributed by atoms with Crippen molar-refractivity contribution in [2.24, 2.45) is 4.99 Å². The molecule has 1 N–H and O–H groups in total. The zero-order chi connectivity index (χ0) is 19.2. The lowest BCUT2D eigenvalue weighted by molar-refractivity contribution is -0.0498. The maximum atomic E-state index is 12.2. The Morgan fingerprint density at radius 1 is 1.37 bits per heavy atom. The van der Waals surface area contributed by atoms with Crippen LogP contribution < -0.4 is 10.1 Å². The van der Waals surface area contributed by atoms with E-state index in [1.165, 1.54) is 16.4 Å². The first-order valence-electron chi connectivity index (χ1n) is 8.25. The predicted molar refractivity (Wildman–Crippen MR) is 111 cm³/mol. The number of guanidine groups is 1. The highest BCUT2D eigenvalue weighted by Crippen LogP contribution is 2.16. The number of nitrogens with one attached hydrogen (secondary N) is 1. The number of sulfonamides is 1. The van der Waals surface area contributed by atoms with Crippen molar-refractivity contribution in [3.05, 3.63) is 29.8 Å². The zero-order valence-electron chi connectivity index (χ0n) is 15.3. The average Bonchev–Trinajstić information content (AvgIpc) is 2.91. The summed E-state index contributed by atoms with van der Waals surface area (Å²) >= 11 is 0. The first-order chi connectivity index (χ1) is 12.3. The summed E-state index contributed by atoms with van der Waals surface area (Å²) in [5, 5.41) is 3.14. The fraction of sp³-hybridized carbons (Fsp3) is 0.562. The van der Waals surface area contributed by atoms with Crippen LogP contribution in [-0.4, -0.2) is 69.7 Å². The molecular weight excluding hydrogens is 493 g/mol. The van der Waals surface area contributed by atoms with E-state index < -0.39 is 16.6 Å². The monoisotopic (exact) mass is 518 g/mol. The number of aliphatic imine (C=N–C) groups is 1. The molecule has 1 saturated heterocycles. The Hall–Kier alpha value is -1.21. The van der Waals surface area contributed by atoms with Gasteiger partial charge in [-0.25, -0.2) is 12.7 Å². The van der Waals surface area contributed by atoms with Crippen LogP contribution >= 0.6 is 24.0 Å². The van der Waals surface area contributed by atoms with E-state index in [2.05, 4.69) is 15.0 Å². The number of rotatable bonds is 7. The Bertz CT molecular complexity index is 717. The molecule has 1 aromatic carbocycles. The lowest BCUT2D eigenvalue weighted by Gasteiger charge is -2.23. The molecule has 0 aliphatic carbocycles. The maximum Gasteiger partial charge on any atom is 0.387 e. The third kappa shape index (κ3) is 7.37. The number of alkyl halides is 2. The SMILES string of the molecule is CN=C(NCCN1CCCS1(=O)=O)N(C)Cc1ccc(OC(F)F)cc1.I. The van der Waals surface area contributed by atoms with Gasteiger partial charge in [0.15, 0.2) is 5.96 Å². The van der Waals surface area contributed by atoms with Crippen LogP contribution in [0.1, 0.15) is 12.0 Å². The van der Waals surface area contributed by atoms with Gasteiger partial charge >= 0.3 is 6.61 Å². The molecule has 1 heterocycles. The van der Waals surface area contributed by atoms with Gasteiger partial charge in [0.25, 0.3) is 0 Å². The highest BCUT2D eigenvalue weighted by Gasteiger charge is 2.27. The molecule has 0 unspecified atom stereocenters. The van der Waals surface area contributed by atoms with E-state index in [1.807, 2.05) is 11.9 Å². The molecule has 0 aromatic heterocycles. The van der Waals surface area contributed by atoms with E-state index in [0.717, 1.165) is 5.56 Å². The van der Waals surface area contributed by atoms with Crippen LogP contribution in [0.2, 0.25) is 0 Å². The van der Waals surface area contributed by atoms with Crippen molar-refractivity contribution < 1.29 is 21.9 Å². The molecule has 0 saturated carbocycles. The fourth-order valence-corrected chi connectivity index (χ4v) is 4.27. The van der Waals surface area contributed by atoms with Gasteiger partial charge in [0.2, 0.25) is 10.0 Å². The van der Waals surface area contributed by atoms with Crippen molar-refractivity contribution in [3.63, 3.8) is 0 Å². The molecule has 1 aliphatic heterocycles. The van der Waals surface area contributed by atoms with Crippen LogP contribution in [0.15, 0.2) is 29.3 Å². The maximum absolute atomic E-state index is 12.2. The summed E-state index contributed by atoms with van der Waals surface area (Å²) in [4.78, 5) is 6.04. The second kappa shape index (κ2) is 11.0. The minimum atomic E-state index is -3.10. The Labute approximate surface area is 175 Å². The average molecular weight is 518 g/mol. The summed E-state index contributed by atoms with van der Waals surface area (Å²) in [6, 6.07) is 6.39. The van der Waals surface area contributed by atoms with Gasteiger partial charge in [0.05, 0.1) is 5.75 Å². The minimum absolute atomic E-state index is 0. The van der Waals surface area contributed by atoms with E-state index >= 15 is 0 Å². The summed E-state index contributed by atoms with van der Waals surface area (Å²) in [7, 11) is 0.384. The number of hydrogen-bond donors (Lipinski definition) is 1. The second-order valence-electron chi connectivity index (χ2n) is 5.92. The van der Waals surface area contributed by atoms with Crippen LogP contribution in [0, 0.1) is 0 Å². The van der Waals surface area contributed by atoms with Crippen molar-refractivity contribution in [1.29, 1.82) is 0 Å². The van der Waals surface area contributed by atoms with Crippen LogP contribution in [0.3, 0.4) is 0 Å². The lowest BCUT2D eigenvalue weighted by atomic mass is 10.2. The molecular formula is C16H25F2IN4O3S. The molecule has 154 valence electrons. The Kier molecular flexibility index (Phi) is 9.67. The summed E-state index contributed by atoms with van der Waals surface area (Å²) in [6.07, 6.45) is 0.669. The van der Waals surface area contributed by atoms with Gasteiger partial charge in [-0.1, -0.05) is 12.1 Å².